The Hall–Kier alpha value is -3.10. The molecule has 0 fully saturated rings. The number of benzene rings is 1. The molecule has 0 amide bonds. The lowest BCUT2D eigenvalue weighted by atomic mass is 10.1. The van der Waals surface area contributed by atoms with Gasteiger partial charge >= 0.3 is 0 Å². The highest BCUT2D eigenvalue weighted by Gasteiger charge is 2.18. The molecule has 0 unspecified atom stereocenters. The van der Waals surface area contributed by atoms with Crippen LogP contribution in [-0.2, 0) is 6.54 Å². The average Bonchev–Trinajstić information content (AvgIpc) is 3.44. The lowest BCUT2D eigenvalue weighted by Gasteiger charge is -2.07. The summed E-state index contributed by atoms with van der Waals surface area (Å²) in [6, 6.07) is 12.3. The number of hydrogen-bond donors (Lipinski definition) is 1. The fourth-order valence-electron chi connectivity index (χ4n) is 2.99. The summed E-state index contributed by atoms with van der Waals surface area (Å²) in [6.07, 6.45) is 3.70. The SMILES string of the molecule is Fc1ccc(-c2nc3sccn3c2-c2ccnc(NCc3cccs3)n2)cc1. The van der Waals surface area contributed by atoms with Gasteiger partial charge in [-0.15, -0.1) is 22.7 Å². The van der Waals surface area contributed by atoms with Crippen LogP contribution in [0.5, 0.6) is 0 Å². The number of aromatic nitrogens is 4. The van der Waals surface area contributed by atoms with Crippen LogP contribution in [0.15, 0.2) is 65.6 Å². The molecule has 8 heteroatoms. The molecule has 0 aliphatic carbocycles. The number of rotatable bonds is 5. The van der Waals surface area contributed by atoms with E-state index >= 15 is 0 Å². The minimum absolute atomic E-state index is 0.270. The maximum Gasteiger partial charge on any atom is 0.223 e. The molecule has 0 saturated carbocycles. The number of imidazole rings is 1. The molecule has 5 aromatic rings. The number of nitrogens with one attached hydrogen (secondary N) is 1. The first-order valence-corrected chi connectivity index (χ1v) is 10.3. The van der Waals surface area contributed by atoms with Gasteiger partial charge in [0.15, 0.2) is 4.96 Å². The molecule has 28 heavy (non-hydrogen) atoms. The van der Waals surface area contributed by atoms with Crippen LogP contribution in [-0.4, -0.2) is 19.4 Å². The zero-order valence-electron chi connectivity index (χ0n) is 14.5. The van der Waals surface area contributed by atoms with E-state index in [0.717, 1.165) is 27.6 Å². The second-order valence-electron chi connectivity index (χ2n) is 6.07. The molecule has 1 aromatic carbocycles. The topological polar surface area (TPSA) is 55.1 Å². The molecule has 4 aromatic heterocycles. The number of nitrogens with zero attached hydrogens (tertiary/aromatic N) is 4. The predicted octanol–water partition coefficient (Wildman–Crippen LogP) is 5.33. The van der Waals surface area contributed by atoms with Crippen LogP contribution >= 0.6 is 22.7 Å². The van der Waals surface area contributed by atoms with Crippen LogP contribution in [0.25, 0.3) is 27.6 Å². The summed E-state index contributed by atoms with van der Waals surface area (Å²) in [5.74, 6) is 0.287. The van der Waals surface area contributed by atoms with Crippen molar-refractivity contribution in [2.24, 2.45) is 0 Å². The van der Waals surface area contributed by atoms with E-state index in [9.17, 15) is 4.39 Å². The number of anilines is 1. The van der Waals surface area contributed by atoms with Crippen LogP contribution in [0.4, 0.5) is 10.3 Å². The zero-order valence-corrected chi connectivity index (χ0v) is 16.2. The van der Waals surface area contributed by atoms with Crippen molar-refractivity contribution in [3.05, 3.63) is 76.3 Å². The van der Waals surface area contributed by atoms with Gasteiger partial charge < -0.3 is 5.32 Å². The molecule has 5 nitrogen and oxygen atoms in total. The molecular formula is C20H14FN5S2. The number of hydrogen-bond acceptors (Lipinski definition) is 6. The van der Waals surface area contributed by atoms with Gasteiger partial charge in [-0.3, -0.25) is 4.40 Å². The highest BCUT2D eigenvalue weighted by molar-refractivity contribution is 7.15. The van der Waals surface area contributed by atoms with Gasteiger partial charge in [0, 0.05) is 28.2 Å². The highest BCUT2D eigenvalue weighted by Crippen LogP contribution is 2.33. The van der Waals surface area contributed by atoms with Crippen molar-refractivity contribution in [3.63, 3.8) is 0 Å². The number of fused-ring (bicyclic) bond motifs is 1. The fourth-order valence-corrected chi connectivity index (χ4v) is 4.35. The van der Waals surface area contributed by atoms with Gasteiger partial charge in [-0.05, 0) is 41.8 Å². The van der Waals surface area contributed by atoms with Crippen molar-refractivity contribution in [2.75, 3.05) is 5.32 Å². The van der Waals surface area contributed by atoms with E-state index in [-0.39, 0.29) is 5.82 Å². The Kier molecular flexibility index (Phi) is 4.34. The van der Waals surface area contributed by atoms with E-state index in [1.165, 1.54) is 17.0 Å². The van der Waals surface area contributed by atoms with Crippen LogP contribution in [0, 0.1) is 5.82 Å². The Morgan fingerprint density at radius 1 is 1.00 bits per heavy atom. The normalized spacial score (nSPS) is 11.2. The van der Waals surface area contributed by atoms with E-state index in [1.54, 1.807) is 41.0 Å². The van der Waals surface area contributed by atoms with E-state index in [4.69, 9.17) is 9.97 Å². The fraction of sp³-hybridized carbons (Fsp3) is 0.0500. The van der Waals surface area contributed by atoms with Gasteiger partial charge in [-0.25, -0.2) is 19.3 Å². The van der Waals surface area contributed by atoms with E-state index in [1.807, 2.05) is 33.5 Å². The van der Waals surface area contributed by atoms with Crippen LogP contribution in [0.1, 0.15) is 4.88 Å². The van der Waals surface area contributed by atoms with Crippen molar-refractivity contribution in [1.82, 2.24) is 19.4 Å². The Morgan fingerprint density at radius 3 is 2.71 bits per heavy atom. The maximum absolute atomic E-state index is 13.4. The minimum atomic E-state index is -0.270. The van der Waals surface area contributed by atoms with Crippen molar-refractivity contribution in [3.8, 4) is 22.6 Å². The Morgan fingerprint density at radius 2 is 1.89 bits per heavy atom. The quantitative estimate of drug-likeness (QED) is 0.428. The molecule has 0 aliphatic rings. The maximum atomic E-state index is 13.4. The first kappa shape index (κ1) is 17.0. The molecule has 0 atom stereocenters. The number of thiazole rings is 1. The largest absolute Gasteiger partial charge is 0.349 e. The van der Waals surface area contributed by atoms with Gasteiger partial charge in [0.1, 0.15) is 11.5 Å². The first-order valence-electron chi connectivity index (χ1n) is 8.59. The second kappa shape index (κ2) is 7.14. The molecule has 5 rings (SSSR count). The van der Waals surface area contributed by atoms with Crippen molar-refractivity contribution >= 4 is 33.6 Å². The predicted molar refractivity (Wildman–Crippen MR) is 111 cm³/mol. The lowest BCUT2D eigenvalue weighted by molar-refractivity contribution is 0.628. The second-order valence-corrected chi connectivity index (χ2v) is 7.98. The molecule has 0 radical (unpaired) electrons. The number of thiophene rings is 1. The third-order valence-electron chi connectivity index (χ3n) is 4.28. The van der Waals surface area contributed by atoms with E-state index in [0.29, 0.717) is 12.5 Å². The average molecular weight is 407 g/mol. The van der Waals surface area contributed by atoms with Crippen molar-refractivity contribution in [2.45, 2.75) is 6.54 Å². The van der Waals surface area contributed by atoms with Crippen molar-refractivity contribution < 1.29 is 4.39 Å². The van der Waals surface area contributed by atoms with E-state index < -0.39 is 0 Å². The summed E-state index contributed by atoms with van der Waals surface area (Å²) >= 11 is 3.23. The molecule has 138 valence electrons. The molecule has 4 heterocycles. The first-order chi connectivity index (χ1) is 13.8. The molecule has 0 bridgehead atoms. The highest BCUT2D eigenvalue weighted by atomic mass is 32.1. The molecule has 0 spiro atoms. The monoisotopic (exact) mass is 407 g/mol. The summed E-state index contributed by atoms with van der Waals surface area (Å²) in [4.78, 5) is 15.9. The molecule has 0 saturated heterocycles. The Bertz CT molecular complexity index is 1230. The van der Waals surface area contributed by atoms with Crippen LogP contribution in [0.2, 0.25) is 0 Å². The molecular weight excluding hydrogens is 393 g/mol. The Balaban J connectivity index is 1.57. The lowest BCUT2D eigenvalue weighted by Crippen LogP contribution is -2.03. The van der Waals surface area contributed by atoms with Gasteiger partial charge in [-0.1, -0.05) is 6.07 Å². The summed E-state index contributed by atoms with van der Waals surface area (Å²) in [5, 5.41) is 7.30. The van der Waals surface area contributed by atoms with Gasteiger partial charge in [0.2, 0.25) is 5.95 Å². The van der Waals surface area contributed by atoms with Crippen LogP contribution < -0.4 is 5.32 Å². The summed E-state index contributed by atoms with van der Waals surface area (Å²) in [7, 11) is 0. The van der Waals surface area contributed by atoms with Gasteiger partial charge in [-0.2, -0.15) is 0 Å². The van der Waals surface area contributed by atoms with Gasteiger partial charge in [0.25, 0.3) is 0 Å². The Labute approximate surface area is 168 Å². The third kappa shape index (κ3) is 3.17. The summed E-state index contributed by atoms with van der Waals surface area (Å²) in [6.45, 7) is 0.673. The minimum Gasteiger partial charge on any atom is -0.349 e. The zero-order chi connectivity index (χ0) is 18.9. The smallest absolute Gasteiger partial charge is 0.223 e. The van der Waals surface area contributed by atoms with Gasteiger partial charge in [0.05, 0.1) is 17.9 Å². The number of halogens is 1. The van der Waals surface area contributed by atoms with E-state index in [2.05, 4.69) is 16.4 Å². The van der Waals surface area contributed by atoms with Crippen molar-refractivity contribution in [1.29, 1.82) is 0 Å². The summed E-state index contributed by atoms with van der Waals surface area (Å²) < 4.78 is 15.4. The summed E-state index contributed by atoms with van der Waals surface area (Å²) in [5.41, 5.74) is 3.24. The standard InChI is InChI=1S/C20H14FN5S2/c21-14-5-3-13(4-6-14)17-18(26-9-11-28-20(26)25-17)16-7-8-22-19(24-16)23-12-15-2-1-10-27-15/h1-11H,12H2,(H,22,23,24). The third-order valence-corrected chi connectivity index (χ3v) is 5.91. The van der Waals surface area contributed by atoms with Crippen LogP contribution in [0.3, 0.4) is 0 Å². The molecule has 0 aliphatic heterocycles. The molecule has 1 N–H and O–H groups in total.